The van der Waals surface area contributed by atoms with Crippen LogP contribution in [0, 0.1) is 0 Å². The van der Waals surface area contributed by atoms with E-state index in [1.165, 1.54) is 12.1 Å². The van der Waals surface area contributed by atoms with E-state index in [-0.39, 0.29) is 11.3 Å². The molecule has 0 bridgehead atoms. The van der Waals surface area contributed by atoms with Gasteiger partial charge >= 0.3 is 11.9 Å². The molecule has 0 spiro atoms. The van der Waals surface area contributed by atoms with Crippen LogP contribution in [-0.4, -0.2) is 22.2 Å². The van der Waals surface area contributed by atoms with Crippen LogP contribution in [0.15, 0.2) is 28.7 Å². The Balaban J connectivity index is 2.70. The fourth-order valence-electron chi connectivity index (χ4n) is 1.57. The molecule has 0 unspecified atom stereocenters. The molecule has 0 atom stereocenters. The van der Waals surface area contributed by atoms with Crippen molar-refractivity contribution in [3.8, 4) is 0 Å². The maximum Gasteiger partial charge on any atom is 0.372 e. The fraction of sp³-hybridized carbons (Fsp3) is 0. The van der Waals surface area contributed by atoms with Gasteiger partial charge in [0.2, 0.25) is 5.76 Å². The number of hydrogen-bond donors (Lipinski definition) is 2. The second kappa shape index (κ2) is 4.54. The average molecular weight is 267 g/mol. The van der Waals surface area contributed by atoms with E-state index in [2.05, 4.69) is 0 Å². The van der Waals surface area contributed by atoms with Gasteiger partial charge in [-0.3, -0.25) is 0 Å². The minimum atomic E-state index is -1.27. The van der Waals surface area contributed by atoms with E-state index in [1.54, 1.807) is 12.1 Å². The summed E-state index contributed by atoms with van der Waals surface area (Å²) in [7, 11) is 0. The summed E-state index contributed by atoms with van der Waals surface area (Å²) in [6.45, 7) is 0. The van der Waals surface area contributed by atoms with Crippen LogP contribution in [0.2, 0.25) is 5.02 Å². The Kier molecular flexibility index (Phi) is 3.08. The smallest absolute Gasteiger partial charge is 0.372 e. The summed E-state index contributed by atoms with van der Waals surface area (Å²) in [5.41, 5.74) is 0.501. The molecule has 1 heterocycles. The van der Waals surface area contributed by atoms with Crippen molar-refractivity contribution >= 4 is 40.6 Å². The number of benzene rings is 1. The molecule has 0 saturated heterocycles. The van der Waals surface area contributed by atoms with Crippen LogP contribution in [0.5, 0.6) is 0 Å². The Morgan fingerprint density at radius 2 is 2.00 bits per heavy atom. The molecule has 0 aliphatic rings. The number of aliphatic carboxylic acids is 1. The van der Waals surface area contributed by atoms with Crippen LogP contribution in [0.3, 0.4) is 0 Å². The van der Waals surface area contributed by atoms with E-state index in [1.807, 2.05) is 0 Å². The van der Waals surface area contributed by atoms with Crippen LogP contribution in [0.1, 0.15) is 16.1 Å². The summed E-state index contributed by atoms with van der Waals surface area (Å²) in [4.78, 5) is 21.5. The SMILES string of the molecule is O=C(O)C=Cc1c(C(=O)O)oc2cc(Cl)ccc12. The molecule has 0 aliphatic carbocycles. The van der Waals surface area contributed by atoms with E-state index < -0.39 is 11.9 Å². The number of rotatable bonds is 3. The number of hydrogen-bond acceptors (Lipinski definition) is 3. The fourth-order valence-corrected chi connectivity index (χ4v) is 1.73. The van der Waals surface area contributed by atoms with Crippen molar-refractivity contribution in [2.75, 3.05) is 0 Å². The van der Waals surface area contributed by atoms with Gasteiger partial charge in [-0.2, -0.15) is 0 Å². The van der Waals surface area contributed by atoms with E-state index in [4.69, 9.17) is 26.2 Å². The summed E-state index contributed by atoms with van der Waals surface area (Å²) in [5.74, 6) is -2.76. The van der Waals surface area contributed by atoms with Gasteiger partial charge in [-0.15, -0.1) is 0 Å². The molecular formula is C12H7ClO5. The van der Waals surface area contributed by atoms with Crippen molar-refractivity contribution in [3.63, 3.8) is 0 Å². The Morgan fingerprint density at radius 3 is 2.61 bits per heavy atom. The van der Waals surface area contributed by atoms with Gasteiger partial charge in [-0.05, 0) is 18.2 Å². The molecule has 92 valence electrons. The highest BCUT2D eigenvalue weighted by Gasteiger charge is 2.18. The minimum absolute atomic E-state index is 0.205. The van der Waals surface area contributed by atoms with Crippen molar-refractivity contribution < 1.29 is 24.2 Å². The van der Waals surface area contributed by atoms with Crippen LogP contribution in [0.4, 0.5) is 0 Å². The molecule has 2 rings (SSSR count). The van der Waals surface area contributed by atoms with Gasteiger partial charge in [-0.25, -0.2) is 9.59 Å². The van der Waals surface area contributed by atoms with E-state index in [0.29, 0.717) is 16.0 Å². The Hall–Kier alpha value is -2.27. The monoisotopic (exact) mass is 266 g/mol. The summed E-state index contributed by atoms with van der Waals surface area (Å²) >= 11 is 5.77. The van der Waals surface area contributed by atoms with Gasteiger partial charge in [0.1, 0.15) is 5.58 Å². The number of furan rings is 1. The predicted octanol–water partition coefficient (Wildman–Crippen LogP) is 2.88. The molecule has 0 radical (unpaired) electrons. The number of halogens is 1. The highest BCUT2D eigenvalue weighted by atomic mass is 35.5. The van der Waals surface area contributed by atoms with Crippen molar-refractivity contribution in [3.05, 3.63) is 40.6 Å². The predicted molar refractivity (Wildman–Crippen MR) is 64.9 cm³/mol. The zero-order valence-electron chi connectivity index (χ0n) is 8.88. The third-order valence-electron chi connectivity index (χ3n) is 2.28. The normalized spacial score (nSPS) is 11.2. The second-order valence-corrected chi connectivity index (χ2v) is 3.90. The van der Waals surface area contributed by atoms with Crippen molar-refractivity contribution in [1.29, 1.82) is 0 Å². The first kappa shape index (κ1) is 12.2. The molecule has 1 aromatic carbocycles. The molecule has 18 heavy (non-hydrogen) atoms. The van der Waals surface area contributed by atoms with Gasteiger partial charge in [0.25, 0.3) is 0 Å². The lowest BCUT2D eigenvalue weighted by molar-refractivity contribution is -0.131. The number of fused-ring (bicyclic) bond motifs is 1. The topological polar surface area (TPSA) is 87.7 Å². The minimum Gasteiger partial charge on any atom is -0.478 e. The lowest BCUT2D eigenvalue weighted by atomic mass is 10.1. The van der Waals surface area contributed by atoms with E-state index in [0.717, 1.165) is 6.08 Å². The van der Waals surface area contributed by atoms with Crippen LogP contribution < -0.4 is 0 Å². The van der Waals surface area contributed by atoms with Gasteiger partial charge in [0, 0.05) is 28.1 Å². The molecule has 1 aromatic heterocycles. The third kappa shape index (κ3) is 2.21. The van der Waals surface area contributed by atoms with Crippen LogP contribution >= 0.6 is 11.6 Å². The molecule has 0 amide bonds. The first-order valence-corrected chi connectivity index (χ1v) is 5.23. The van der Waals surface area contributed by atoms with E-state index in [9.17, 15) is 9.59 Å². The number of carboxylic acids is 2. The maximum absolute atomic E-state index is 11.0. The maximum atomic E-state index is 11.0. The molecule has 5 nitrogen and oxygen atoms in total. The zero-order chi connectivity index (χ0) is 13.3. The van der Waals surface area contributed by atoms with Crippen molar-refractivity contribution in [2.45, 2.75) is 0 Å². The van der Waals surface area contributed by atoms with Crippen LogP contribution in [-0.2, 0) is 4.79 Å². The number of carboxylic acid groups (broad SMARTS) is 2. The Labute approximate surface area is 106 Å². The summed E-state index contributed by atoms with van der Waals surface area (Å²) in [5, 5.41) is 18.5. The second-order valence-electron chi connectivity index (χ2n) is 3.46. The van der Waals surface area contributed by atoms with Gasteiger partial charge in [0.05, 0.1) is 0 Å². The highest BCUT2D eigenvalue weighted by molar-refractivity contribution is 6.31. The number of carbonyl (C=O) groups is 2. The van der Waals surface area contributed by atoms with Gasteiger partial charge in [-0.1, -0.05) is 11.6 Å². The lowest BCUT2D eigenvalue weighted by Crippen LogP contribution is -1.96. The Bertz CT molecular complexity index is 668. The highest BCUT2D eigenvalue weighted by Crippen LogP contribution is 2.29. The molecule has 0 fully saturated rings. The summed E-state index contributed by atoms with van der Waals surface area (Å²) in [6, 6.07) is 4.62. The third-order valence-corrected chi connectivity index (χ3v) is 2.51. The van der Waals surface area contributed by atoms with Crippen molar-refractivity contribution in [2.24, 2.45) is 0 Å². The Morgan fingerprint density at radius 1 is 1.28 bits per heavy atom. The van der Waals surface area contributed by atoms with Gasteiger partial charge < -0.3 is 14.6 Å². The molecule has 6 heteroatoms. The van der Waals surface area contributed by atoms with Gasteiger partial charge in [0.15, 0.2) is 0 Å². The summed E-state index contributed by atoms with van der Waals surface area (Å²) < 4.78 is 5.15. The average Bonchev–Trinajstić information content (AvgIpc) is 2.64. The van der Waals surface area contributed by atoms with Crippen LogP contribution in [0.25, 0.3) is 17.0 Å². The van der Waals surface area contributed by atoms with Crippen molar-refractivity contribution in [1.82, 2.24) is 0 Å². The van der Waals surface area contributed by atoms with E-state index >= 15 is 0 Å². The number of aromatic carboxylic acids is 1. The molecular weight excluding hydrogens is 260 g/mol. The molecule has 0 saturated carbocycles. The first-order chi connectivity index (χ1) is 8.49. The molecule has 2 N–H and O–H groups in total. The quantitative estimate of drug-likeness (QED) is 0.834. The standard InChI is InChI=1S/C12H7ClO5/c13-6-1-2-7-8(3-4-10(14)15)11(12(16)17)18-9(7)5-6/h1-5H,(H,14,15)(H,16,17). The first-order valence-electron chi connectivity index (χ1n) is 4.85. The molecule has 0 aliphatic heterocycles. The lowest BCUT2D eigenvalue weighted by Gasteiger charge is -1.91. The largest absolute Gasteiger partial charge is 0.478 e. The summed E-state index contributed by atoms with van der Waals surface area (Å²) in [6.07, 6.45) is 2.04. The zero-order valence-corrected chi connectivity index (χ0v) is 9.64. The molecule has 2 aromatic rings.